The lowest BCUT2D eigenvalue weighted by molar-refractivity contribution is -0.130. The Kier molecular flexibility index (Phi) is 6.58. The molecule has 2 unspecified atom stereocenters. The summed E-state index contributed by atoms with van der Waals surface area (Å²) in [6, 6.07) is -0.569. The zero-order valence-corrected chi connectivity index (χ0v) is 17.4. The minimum absolute atomic E-state index is 0.0364. The molecule has 2 aromatic heterocycles. The first-order valence-corrected chi connectivity index (χ1v) is 12.4. The van der Waals surface area contributed by atoms with Gasteiger partial charge in [-0.15, -0.1) is 0 Å². The van der Waals surface area contributed by atoms with Gasteiger partial charge in [-0.1, -0.05) is 0 Å². The van der Waals surface area contributed by atoms with E-state index in [9.17, 15) is 18.7 Å². The highest BCUT2D eigenvalue weighted by molar-refractivity contribution is 7.52. The maximum Gasteiger partial charge on any atom is 0.327 e. The van der Waals surface area contributed by atoms with Crippen LogP contribution in [0, 0.1) is 0 Å². The van der Waals surface area contributed by atoms with Crippen molar-refractivity contribution in [1.29, 1.82) is 0 Å². The molecule has 2 aromatic rings. The van der Waals surface area contributed by atoms with Crippen molar-refractivity contribution in [1.82, 2.24) is 24.4 Å². The van der Waals surface area contributed by atoms with Gasteiger partial charge in [-0.25, -0.2) is 9.97 Å². The molecular weight excluding hydrogens is 444 g/mol. The third kappa shape index (κ3) is 5.61. The van der Waals surface area contributed by atoms with Gasteiger partial charge in [0.15, 0.2) is 11.2 Å². The first kappa shape index (κ1) is 22.8. The molecule has 5 N–H and O–H groups in total. The van der Waals surface area contributed by atoms with Crippen molar-refractivity contribution in [3.05, 3.63) is 23.0 Å². The summed E-state index contributed by atoms with van der Waals surface area (Å²) < 4.78 is 29.3. The Morgan fingerprint density at radius 1 is 1.17 bits per heavy atom. The zero-order chi connectivity index (χ0) is 22.1. The van der Waals surface area contributed by atoms with Gasteiger partial charge in [0.1, 0.15) is 0 Å². The molecule has 0 aromatic carbocycles. The van der Waals surface area contributed by atoms with E-state index in [1.165, 1.54) is 17.6 Å². The quantitative estimate of drug-likeness (QED) is 0.287. The molecule has 1 amide bonds. The largest absolute Gasteiger partial charge is 0.373 e. The average molecular weight is 465 g/mol. The maximum atomic E-state index is 12.4. The van der Waals surface area contributed by atoms with Crippen LogP contribution < -0.4 is 5.56 Å². The highest BCUT2D eigenvalue weighted by Gasteiger charge is 2.38. The van der Waals surface area contributed by atoms with Gasteiger partial charge in [-0.05, 0) is 0 Å². The Hall–Kier alpha value is -1.92. The van der Waals surface area contributed by atoms with E-state index in [0.29, 0.717) is 0 Å². The molecule has 2 atom stereocenters. The summed E-state index contributed by atoms with van der Waals surface area (Å²) in [6.07, 6.45) is 0.390. The number of H-pyrrole nitrogens is 1. The molecule has 1 aliphatic rings. The van der Waals surface area contributed by atoms with Gasteiger partial charge in [0.05, 0.1) is 43.7 Å². The molecule has 14 nitrogen and oxygen atoms in total. The van der Waals surface area contributed by atoms with E-state index >= 15 is 0 Å². The molecule has 16 heteroatoms. The SMILES string of the molecule is O=C(CCP(=O)(O)O)N1CC(OCCP(=O)(O)O)C(n2cnc3c(=O)[nH]cnc32)C1. The lowest BCUT2D eigenvalue weighted by Crippen LogP contribution is -2.30. The predicted molar refractivity (Wildman–Crippen MR) is 102 cm³/mol. The lowest BCUT2D eigenvalue weighted by Gasteiger charge is -2.20. The van der Waals surface area contributed by atoms with Crippen LogP contribution in [0.1, 0.15) is 12.5 Å². The van der Waals surface area contributed by atoms with Crippen LogP contribution in [-0.2, 0) is 18.7 Å². The number of ether oxygens (including phenoxy) is 1. The van der Waals surface area contributed by atoms with Crippen LogP contribution >= 0.6 is 15.2 Å². The summed E-state index contributed by atoms with van der Waals surface area (Å²) in [5, 5.41) is 0. The van der Waals surface area contributed by atoms with E-state index < -0.39 is 51.1 Å². The third-order valence-electron chi connectivity index (χ3n) is 4.64. The van der Waals surface area contributed by atoms with Crippen LogP contribution in [0.25, 0.3) is 11.2 Å². The van der Waals surface area contributed by atoms with Gasteiger partial charge in [0.25, 0.3) is 5.56 Å². The van der Waals surface area contributed by atoms with E-state index in [4.69, 9.17) is 24.3 Å². The van der Waals surface area contributed by atoms with Gasteiger partial charge in [-0.3, -0.25) is 18.7 Å². The van der Waals surface area contributed by atoms with Crippen molar-refractivity contribution >= 4 is 32.3 Å². The summed E-state index contributed by atoms with van der Waals surface area (Å²) >= 11 is 0. The fourth-order valence-electron chi connectivity index (χ4n) is 3.22. The van der Waals surface area contributed by atoms with E-state index in [2.05, 4.69) is 15.0 Å². The van der Waals surface area contributed by atoms with Crippen molar-refractivity contribution in [2.45, 2.75) is 18.6 Å². The van der Waals surface area contributed by atoms with Crippen LogP contribution in [0.4, 0.5) is 0 Å². The summed E-state index contributed by atoms with van der Waals surface area (Å²) in [4.78, 5) is 72.2. The highest BCUT2D eigenvalue weighted by atomic mass is 31.2. The highest BCUT2D eigenvalue weighted by Crippen LogP contribution is 2.36. The van der Waals surface area contributed by atoms with Crippen LogP contribution in [0.15, 0.2) is 17.4 Å². The Morgan fingerprint density at radius 3 is 2.53 bits per heavy atom. The smallest absolute Gasteiger partial charge is 0.327 e. The molecule has 0 radical (unpaired) electrons. The normalized spacial score (nSPS) is 20.2. The Morgan fingerprint density at radius 2 is 1.87 bits per heavy atom. The monoisotopic (exact) mass is 465 g/mol. The van der Waals surface area contributed by atoms with Crippen LogP contribution in [-0.4, -0.2) is 88.0 Å². The number of carbonyl (C=O) groups is 1. The number of aromatic nitrogens is 4. The van der Waals surface area contributed by atoms with E-state index in [1.54, 1.807) is 4.57 Å². The van der Waals surface area contributed by atoms with Crippen molar-refractivity contribution in [3.8, 4) is 0 Å². The molecule has 166 valence electrons. The van der Waals surface area contributed by atoms with Crippen molar-refractivity contribution in [2.75, 3.05) is 32.0 Å². The third-order valence-corrected chi connectivity index (χ3v) is 6.21. The number of rotatable bonds is 8. The zero-order valence-electron chi connectivity index (χ0n) is 15.6. The molecule has 1 fully saturated rings. The summed E-state index contributed by atoms with van der Waals surface area (Å²) in [6.45, 7) is -0.147. The topological polar surface area (TPSA) is 208 Å². The average Bonchev–Trinajstić information content (AvgIpc) is 3.23. The summed E-state index contributed by atoms with van der Waals surface area (Å²) in [7, 11) is -8.62. The maximum absolute atomic E-state index is 12.4. The number of amides is 1. The molecule has 0 bridgehead atoms. The fraction of sp³-hybridized carbons (Fsp3) is 0.571. The first-order chi connectivity index (χ1) is 13.9. The molecule has 0 spiro atoms. The number of likely N-dealkylation sites (tertiary alicyclic amines) is 1. The van der Waals surface area contributed by atoms with Crippen molar-refractivity contribution < 1.29 is 38.2 Å². The van der Waals surface area contributed by atoms with Gasteiger partial charge >= 0.3 is 15.2 Å². The Balaban J connectivity index is 1.82. The number of fused-ring (bicyclic) bond motifs is 1. The van der Waals surface area contributed by atoms with Gasteiger partial charge in [-0.2, -0.15) is 0 Å². The molecule has 3 heterocycles. The standard InChI is InChI=1S/C14H21N5O9P2/c20-11(1-3-29(22,23)24)18-5-9(10(6-18)28-2-4-30(25,26)27)19-8-17-12-13(19)15-7-16-14(12)21/h7-10H,1-6H2,(H,15,16,21)(H2,22,23,24)(H2,25,26,27). The van der Waals surface area contributed by atoms with E-state index in [-0.39, 0.29) is 37.3 Å². The predicted octanol–water partition coefficient (Wildman–Crippen LogP) is -1.37. The summed E-state index contributed by atoms with van der Waals surface area (Å²) in [5.74, 6) is -0.500. The van der Waals surface area contributed by atoms with E-state index in [1.807, 2.05) is 0 Å². The Labute approximate surface area is 169 Å². The number of aromatic amines is 1. The molecule has 0 aliphatic carbocycles. The van der Waals surface area contributed by atoms with Crippen LogP contribution in [0.3, 0.4) is 0 Å². The first-order valence-electron chi connectivity index (χ1n) is 8.83. The number of nitrogens with one attached hydrogen (secondary N) is 1. The van der Waals surface area contributed by atoms with Crippen LogP contribution in [0.5, 0.6) is 0 Å². The second-order valence-corrected chi connectivity index (χ2v) is 10.4. The lowest BCUT2D eigenvalue weighted by atomic mass is 10.2. The number of hydrogen-bond donors (Lipinski definition) is 5. The van der Waals surface area contributed by atoms with Crippen LogP contribution in [0.2, 0.25) is 0 Å². The molecule has 3 rings (SSSR count). The van der Waals surface area contributed by atoms with Gasteiger partial charge < -0.3 is 38.8 Å². The van der Waals surface area contributed by atoms with Crippen molar-refractivity contribution in [2.24, 2.45) is 0 Å². The molecule has 30 heavy (non-hydrogen) atoms. The molecule has 1 saturated heterocycles. The number of hydrogen-bond acceptors (Lipinski definition) is 7. The number of nitrogens with zero attached hydrogens (tertiary/aromatic N) is 4. The second kappa shape index (κ2) is 8.67. The summed E-state index contributed by atoms with van der Waals surface area (Å²) in [5.41, 5.74) is -0.125. The second-order valence-electron chi connectivity index (χ2n) is 6.86. The molecule has 0 saturated carbocycles. The Bertz CT molecular complexity index is 1070. The van der Waals surface area contributed by atoms with Gasteiger partial charge in [0.2, 0.25) is 5.91 Å². The van der Waals surface area contributed by atoms with Gasteiger partial charge in [0, 0.05) is 19.5 Å². The molecular formula is C14H21N5O9P2. The minimum atomic E-state index is -4.34. The minimum Gasteiger partial charge on any atom is -0.373 e. The molecule has 1 aliphatic heterocycles. The fourth-order valence-corrected chi connectivity index (χ4v) is 4.05. The number of carbonyl (C=O) groups excluding carboxylic acids is 1. The number of imidazole rings is 1. The van der Waals surface area contributed by atoms with E-state index in [0.717, 1.165) is 0 Å². The van der Waals surface area contributed by atoms with Crippen molar-refractivity contribution in [3.63, 3.8) is 0 Å².